The van der Waals surface area contributed by atoms with Crippen molar-refractivity contribution in [1.82, 2.24) is 4.67 Å². The number of unbranched alkanes of at least 4 members (excludes halogenated alkanes) is 6. The second-order valence-electron chi connectivity index (χ2n) is 7.47. The lowest BCUT2D eigenvalue weighted by Gasteiger charge is -2.34. The Morgan fingerprint density at radius 3 is 1.96 bits per heavy atom. The molecule has 7 heteroatoms. The van der Waals surface area contributed by atoms with Crippen LogP contribution in [0.1, 0.15) is 92.9 Å². The zero-order valence-electron chi connectivity index (χ0n) is 19.2. The molecule has 0 N–H and O–H groups in total. The van der Waals surface area contributed by atoms with E-state index in [1.54, 1.807) is 6.40 Å². The van der Waals surface area contributed by atoms with Crippen molar-refractivity contribution in [2.45, 2.75) is 105 Å². The summed E-state index contributed by atoms with van der Waals surface area (Å²) in [7, 11) is 3.03. The molecule has 0 heterocycles. The largest absolute Gasteiger partial charge is 0.425 e. The monoisotopic (exact) mass is 452 g/mol. The number of rotatable bonds is 20. The third-order valence-electron chi connectivity index (χ3n) is 4.13. The molecule has 0 amide bonds. The zero-order chi connectivity index (χ0) is 21.0. The van der Waals surface area contributed by atoms with Crippen LogP contribution in [0, 0.1) is 0 Å². The van der Waals surface area contributed by atoms with Gasteiger partial charge in [-0.05, 0) is 53.9 Å². The summed E-state index contributed by atoms with van der Waals surface area (Å²) in [5, 5.41) is 0. The molecule has 4 nitrogen and oxygen atoms in total. The molecule has 28 heavy (non-hydrogen) atoms. The fourth-order valence-corrected chi connectivity index (χ4v) is 6.52. The van der Waals surface area contributed by atoms with E-state index in [4.69, 9.17) is 9.05 Å². The van der Waals surface area contributed by atoms with Crippen LogP contribution in [-0.4, -0.2) is 47.8 Å². The van der Waals surface area contributed by atoms with Crippen molar-refractivity contribution in [2.75, 3.05) is 24.7 Å². The summed E-state index contributed by atoms with van der Waals surface area (Å²) >= 11 is 0. The molecule has 0 saturated heterocycles. The summed E-state index contributed by atoms with van der Waals surface area (Å²) in [5.74, 6) is 2.59. The van der Waals surface area contributed by atoms with Gasteiger partial charge in [0, 0.05) is 30.1 Å². The molecular formula is C21H45N2O2PS2. The lowest BCUT2D eigenvalue weighted by atomic mass is 10.2. The molecule has 0 aliphatic rings. The van der Waals surface area contributed by atoms with E-state index in [-0.39, 0.29) is 0 Å². The Bertz CT molecular complexity index is 353. The second kappa shape index (κ2) is 20.8. The van der Waals surface area contributed by atoms with E-state index in [0.29, 0.717) is 12.1 Å². The topological polar surface area (TPSA) is 34.1 Å². The van der Waals surface area contributed by atoms with Gasteiger partial charge in [-0.25, -0.2) is 4.67 Å². The minimum Gasteiger partial charge on any atom is -0.425 e. The first-order valence-corrected chi connectivity index (χ1v) is 14.8. The lowest BCUT2D eigenvalue weighted by molar-refractivity contribution is 0.213. The highest BCUT2D eigenvalue weighted by Crippen LogP contribution is 2.45. The van der Waals surface area contributed by atoms with Crippen LogP contribution in [0.15, 0.2) is 4.99 Å². The third-order valence-corrected chi connectivity index (χ3v) is 8.69. The first-order chi connectivity index (χ1) is 13.5. The van der Waals surface area contributed by atoms with Crippen LogP contribution in [0.5, 0.6) is 0 Å². The summed E-state index contributed by atoms with van der Waals surface area (Å²) in [6, 6.07) is 0.773. The number of hydrogen-bond acceptors (Lipinski definition) is 6. The average molecular weight is 453 g/mol. The molecule has 0 rings (SSSR count). The van der Waals surface area contributed by atoms with Gasteiger partial charge in [0.2, 0.25) is 0 Å². The molecule has 0 aromatic rings. The fraction of sp³-hybridized carbons (Fsp3) is 0.952. The standard InChI is InChI=1S/C21H45N2O2PS2/c1-7-9-10-14-17-27-28-18-15-12-11-13-16-24-26(25-19-22-8-2)23(20(3)4)21(5)6/h19-21H,7-18H2,1-6H3/b22-19+. The first kappa shape index (κ1) is 28.5. The van der Waals surface area contributed by atoms with Gasteiger partial charge in [-0.2, -0.15) is 0 Å². The SMILES string of the molecule is CCCCCCSSCCCCCCOP(O/C=N/CC)N(C(C)C)C(C)C. The predicted octanol–water partition coefficient (Wildman–Crippen LogP) is 7.94. The van der Waals surface area contributed by atoms with Gasteiger partial charge >= 0.3 is 8.53 Å². The Labute approximate surface area is 184 Å². The molecule has 0 saturated carbocycles. The van der Waals surface area contributed by atoms with Gasteiger partial charge < -0.3 is 9.05 Å². The van der Waals surface area contributed by atoms with E-state index in [1.165, 1.54) is 56.5 Å². The number of aliphatic imine (C=N–C) groups is 1. The normalized spacial score (nSPS) is 13.3. The predicted molar refractivity (Wildman–Crippen MR) is 133 cm³/mol. The maximum Gasteiger partial charge on any atom is 0.322 e. The Kier molecular flexibility index (Phi) is 21.2. The maximum absolute atomic E-state index is 6.13. The third kappa shape index (κ3) is 16.3. The van der Waals surface area contributed by atoms with Crippen molar-refractivity contribution in [3.05, 3.63) is 0 Å². The van der Waals surface area contributed by atoms with Crippen LogP contribution in [0.25, 0.3) is 0 Å². The smallest absolute Gasteiger partial charge is 0.322 e. The highest BCUT2D eigenvalue weighted by Gasteiger charge is 2.27. The molecule has 1 atom stereocenters. The van der Waals surface area contributed by atoms with Gasteiger partial charge in [-0.3, -0.25) is 4.99 Å². The Hall–Kier alpha value is 0.520. The van der Waals surface area contributed by atoms with E-state index in [1.807, 2.05) is 17.7 Å². The minimum atomic E-state index is -1.08. The molecule has 0 spiro atoms. The van der Waals surface area contributed by atoms with E-state index in [9.17, 15) is 0 Å². The number of nitrogens with zero attached hydrogens (tertiary/aromatic N) is 2. The van der Waals surface area contributed by atoms with Gasteiger partial charge in [-0.15, -0.1) is 0 Å². The zero-order valence-corrected chi connectivity index (χ0v) is 21.7. The molecule has 168 valence electrons. The van der Waals surface area contributed by atoms with E-state index in [2.05, 4.69) is 55.1 Å². The Morgan fingerprint density at radius 2 is 1.43 bits per heavy atom. The molecule has 0 bridgehead atoms. The van der Waals surface area contributed by atoms with E-state index >= 15 is 0 Å². The fourth-order valence-electron chi connectivity index (χ4n) is 2.74. The van der Waals surface area contributed by atoms with Crippen molar-refractivity contribution < 1.29 is 9.05 Å². The van der Waals surface area contributed by atoms with Crippen molar-refractivity contribution in [3.8, 4) is 0 Å². The molecule has 0 aliphatic carbocycles. The van der Waals surface area contributed by atoms with Crippen molar-refractivity contribution in [1.29, 1.82) is 0 Å². The number of hydrogen-bond donors (Lipinski definition) is 0. The summed E-state index contributed by atoms with van der Waals surface area (Å²) in [4.78, 5) is 4.18. The maximum atomic E-state index is 6.13. The van der Waals surface area contributed by atoms with E-state index < -0.39 is 8.53 Å². The highest BCUT2D eigenvalue weighted by atomic mass is 33.1. The van der Waals surface area contributed by atoms with Crippen LogP contribution in [-0.2, 0) is 9.05 Å². The molecule has 1 unspecified atom stereocenters. The van der Waals surface area contributed by atoms with Gasteiger partial charge in [-0.1, -0.05) is 60.6 Å². The first-order valence-electron chi connectivity index (χ1n) is 11.1. The molecule has 0 radical (unpaired) electrons. The average Bonchev–Trinajstić information content (AvgIpc) is 2.64. The van der Waals surface area contributed by atoms with Crippen LogP contribution in [0.2, 0.25) is 0 Å². The van der Waals surface area contributed by atoms with Crippen LogP contribution >= 0.6 is 30.1 Å². The molecule has 0 aromatic heterocycles. The Balaban J connectivity index is 3.85. The summed E-state index contributed by atoms with van der Waals surface area (Å²) < 4.78 is 14.3. The van der Waals surface area contributed by atoms with Crippen LogP contribution < -0.4 is 0 Å². The van der Waals surface area contributed by atoms with Crippen molar-refractivity contribution in [2.24, 2.45) is 4.99 Å². The van der Waals surface area contributed by atoms with E-state index in [0.717, 1.165) is 19.6 Å². The molecule has 0 fully saturated rings. The summed E-state index contributed by atoms with van der Waals surface area (Å²) in [6.45, 7) is 14.6. The quantitative estimate of drug-likeness (QED) is 0.0616. The minimum absolute atomic E-state index is 0.387. The molecule has 0 aromatic carbocycles. The van der Waals surface area contributed by atoms with Gasteiger partial charge in [0.15, 0.2) is 6.40 Å². The van der Waals surface area contributed by atoms with Gasteiger partial charge in [0.1, 0.15) is 0 Å². The van der Waals surface area contributed by atoms with Crippen molar-refractivity contribution in [3.63, 3.8) is 0 Å². The van der Waals surface area contributed by atoms with Crippen LogP contribution in [0.3, 0.4) is 0 Å². The summed E-state index contributed by atoms with van der Waals surface area (Å²) in [5.41, 5.74) is 0. The molecule has 0 aliphatic heterocycles. The van der Waals surface area contributed by atoms with Crippen molar-refractivity contribution >= 4 is 36.5 Å². The molecular weight excluding hydrogens is 407 g/mol. The Morgan fingerprint density at radius 1 is 0.857 bits per heavy atom. The summed E-state index contributed by atoms with van der Waals surface area (Å²) in [6.07, 6.45) is 12.0. The second-order valence-corrected chi connectivity index (χ2v) is 11.6. The van der Waals surface area contributed by atoms with Gasteiger partial charge in [0.25, 0.3) is 0 Å². The van der Waals surface area contributed by atoms with Crippen LogP contribution in [0.4, 0.5) is 0 Å². The highest BCUT2D eigenvalue weighted by molar-refractivity contribution is 8.76. The lowest BCUT2D eigenvalue weighted by Crippen LogP contribution is -2.33. The van der Waals surface area contributed by atoms with Gasteiger partial charge in [0.05, 0.1) is 6.61 Å².